The summed E-state index contributed by atoms with van der Waals surface area (Å²) in [5.74, 6) is 2.68. The number of nitrogens with zero attached hydrogens (tertiary/aromatic N) is 5. The number of ether oxygens (including phenoxy) is 1. The van der Waals surface area contributed by atoms with Crippen LogP contribution in [0.25, 0.3) is 5.65 Å². The average molecular weight is 436 g/mol. The van der Waals surface area contributed by atoms with E-state index in [-0.39, 0.29) is 6.04 Å². The van der Waals surface area contributed by atoms with Crippen LogP contribution in [0.2, 0.25) is 0 Å². The Kier molecular flexibility index (Phi) is 5.41. The van der Waals surface area contributed by atoms with E-state index in [1.807, 2.05) is 22.8 Å². The number of hydrogen-bond donors (Lipinski definition) is 2. The van der Waals surface area contributed by atoms with Gasteiger partial charge in [-0.15, -0.1) is 0 Å². The number of aromatic nitrogens is 4. The second-order valence-corrected chi connectivity index (χ2v) is 9.42. The lowest BCUT2D eigenvalue weighted by atomic mass is 9.79. The van der Waals surface area contributed by atoms with E-state index in [1.165, 1.54) is 6.42 Å². The van der Waals surface area contributed by atoms with Crippen LogP contribution in [0.15, 0.2) is 30.5 Å². The molecule has 170 valence electrons. The van der Waals surface area contributed by atoms with Crippen LogP contribution in [0.3, 0.4) is 0 Å². The lowest BCUT2D eigenvalue weighted by Gasteiger charge is -2.48. The van der Waals surface area contributed by atoms with Crippen molar-refractivity contribution in [2.75, 3.05) is 37.0 Å². The van der Waals surface area contributed by atoms with E-state index in [0.717, 1.165) is 60.9 Å². The van der Waals surface area contributed by atoms with Crippen LogP contribution in [0, 0.1) is 0 Å². The van der Waals surface area contributed by atoms with Crippen molar-refractivity contribution in [2.24, 2.45) is 0 Å². The minimum absolute atomic E-state index is 0.0338. The molecule has 1 aromatic carbocycles. The van der Waals surface area contributed by atoms with Gasteiger partial charge in [-0.2, -0.15) is 19.6 Å². The zero-order valence-electron chi connectivity index (χ0n) is 19.4. The SMILES string of the molecule is COc1cccc([C@H](C)Nc2nc(N3CCC4(CCN4)CC3)nc3c(C(C)C)cnn23)c1. The Labute approximate surface area is 189 Å². The molecule has 8 nitrogen and oxygen atoms in total. The van der Waals surface area contributed by atoms with Crippen molar-refractivity contribution in [3.05, 3.63) is 41.6 Å². The summed E-state index contributed by atoms with van der Waals surface area (Å²) in [5, 5.41) is 11.8. The topological polar surface area (TPSA) is 79.6 Å². The van der Waals surface area contributed by atoms with Gasteiger partial charge in [0, 0.05) is 24.2 Å². The molecule has 32 heavy (non-hydrogen) atoms. The summed E-state index contributed by atoms with van der Waals surface area (Å²) in [4.78, 5) is 12.2. The maximum Gasteiger partial charge on any atom is 0.230 e. The molecule has 0 saturated carbocycles. The summed E-state index contributed by atoms with van der Waals surface area (Å²) in [6.45, 7) is 9.57. The van der Waals surface area contributed by atoms with Crippen LogP contribution in [0.4, 0.5) is 11.9 Å². The number of benzene rings is 1. The largest absolute Gasteiger partial charge is 0.497 e. The highest BCUT2D eigenvalue weighted by Gasteiger charge is 2.39. The lowest BCUT2D eigenvalue weighted by Crippen LogP contribution is -2.62. The van der Waals surface area contributed by atoms with Gasteiger partial charge in [0.05, 0.1) is 19.3 Å². The van der Waals surface area contributed by atoms with Gasteiger partial charge in [0.15, 0.2) is 5.65 Å². The number of rotatable bonds is 6. The Morgan fingerprint density at radius 1 is 1.12 bits per heavy atom. The summed E-state index contributed by atoms with van der Waals surface area (Å²) >= 11 is 0. The first-order chi connectivity index (χ1) is 15.5. The Hall–Kier alpha value is -2.87. The molecule has 2 N–H and O–H groups in total. The summed E-state index contributed by atoms with van der Waals surface area (Å²) in [6.07, 6.45) is 5.48. The van der Waals surface area contributed by atoms with Crippen LogP contribution in [-0.2, 0) is 0 Å². The monoisotopic (exact) mass is 435 g/mol. The van der Waals surface area contributed by atoms with E-state index in [4.69, 9.17) is 14.7 Å². The van der Waals surface area contributed by atoms with Crippen molar-refractivity contribution in [1.82, 2.24) is 24.9 Å². The van der Waals surface area contributed by atoms with Crippen LogP contribution in [0.5, 0.6) is 5.75 Å². The van der Waals surface area contributed by atoms with E-state index in [9.17, 15) is 0 Å². The van der Waals surface area contributed by atoms with Crippen molar-refractivity contribution >= 4 is 17.5 Å². The molecule has 3 aromatic rings. The van der Waals surface area contributed by atoms with E-state index < -0.39 is 0 Å². The molecular formula is C24H33N7O. The Morgan fingerprint density at radius 3 is 2.56 bits per heavy atom. The molecule has 2 aliphatic rings. The summed E-state index contributed by atoms with van der Waals surface area (Å²) in [7, 11) is 1.69. The standard InChI is InChI=1S/C24H33N7O/c1-16(2)20-15-26-31-21(20)28-22(30-12-9-24(10-13-30)8-11-25-24)29-23(31)27-17(3)18-6-5-7-19(14-18)32-4/h5-7,14-17,25H,8-13H2,1-4H3,(H,27,28,29)/t17-/m0/s1. The Morgan fingerprint density at radius 2 is 1.91 bits per heavy atom. The minimum atomic E-state index is 0.0338. The maximum absolute atomic E-state index is 5.40. The van der Waals surface area contributed by atoms with Gasteiger partial charge in [-0.25, -0.2) is 0 Å². The highest BCUT2D eigenvalue weighted by atomic mass is 16.5. The molecule has 0 radical (unpaired) electrons. The van der Waals surface area contributed by atoms with Crippen molar-refractivity contribution in [2.45, 2.75) is 57.5 Å². The highest BCUT2D eigenvalue weighted by molar-refractivity contribution is 5.57. The van der Waals surface area contributed by atoms with Gasteiger partial charge < -0.3 is 20.3 Å². The quantitative estimate of drug-likeness (QED) is 0.610. The van der Waals surface area contributed by atoms with Crippen LogP contribution < -0.4 is 20.3 Å². The summed E-state index contributed by atoms with van der Waals surface area (Å²) in [6, 6.07) is 8.15. The summed E-state index contributed by atoms with van der Waals surface area (Å²) < 4.78 is 7.24. The zero-order valence-corrected chi connectivity index (χ0v) is 19.4. The van der Waals surface area contributed by atoms with Gasteiger partial charge in [0.1, 0.15) is 5.75 Å². The molecule has 4 heterocycles. The fourth-order valence-electron chi connectivity index (χ4n) is 4.75. The van der Waals surface area contributed by atoms with Gasteiger partial charge in [-0.05, 0) is 56.3 Å². The first-order valence-electron chi connectivity index (χ1n) is 11.6. The van der Waals surface area contributed by atoms with E-state index >= 15 is 0 Å². The predicted molar refractivity (Wildman–Crippen MR) is 127 cm³/mol. The Bertz CT molecular complexity index is 1090. The molecule has 1 atom stereocenters. The minimum Gasteiger partial charge on any atom is -0.497 e. The fourth-order valence-corrected chi connectivity index (χ4v) is 4.75. The number of fused-ring (bicyclic) bond motifs is 1. The van der Waals surface area contributed by atoms with Gasteiger partial charge in [-0.3, -0.25) is 0 Å². The molecule has 0 amide bonds. The third-order valence-corrected chi connectivity index (χ3v) is 7.05. The number of hydrogen-bond acceptors (Lipinski definition) is 7. The van der Waals surface area contributed by atoms with Crippen molar-refractivity contribution < 1.29 is 4.74 Å². The molecule has 2 aliphatic heterocycles. The van der Waals surface area contributed by atoms with Gasteiger partial charge in [-0.1, -0.05) is 26.0 Å². The van der Waals surface area contributed by atoms with Crippen LogP contribution >= 0.6 is 0 Å². The van der Waals surface area contributed by atoms with E-state index in [0.29, 0.717) is 17.4 Å². The molecule has 2 saturated heterocycles. The Balaban J connectivity index is 1.48. The third-order valence-electron chi connectivity index (χ3n) is 7.05. The zero-order chi connectivity index (χ0) is 22.3. The molecule has 8 heteroatoms. The van der Waals surface area contributed by atoms with Crippen molar-refractivity contribution in [1.29, 1.82) is 0 Å². The second-order valence-electron chi connectivity index (χ2n) is 9.42. The van der Waals surface area contributed by atoms with E-state index in [1.54, 1.807) is 7.11 Å². The van der Waals surface area contributed by atoms with Crippen molar-refractivity contribution in [3.63, 3.8) is 0 Å². The number of piperidine rings is 1. The third kappa shape index (κ3) is 3.77. The number of anilines is 2. The smallest absolute Gasteiger partial charge is 0.230 e. The molecule has 2 fully saturated rings. The van der Waals surface area contributed by atoms with Crippen molar-refractivity contribution in [3.8, 4) is 5.75 Å². The first kappa shape index (κ1) is 21.0. The molecule has 0 aliphatic carbocycles. The predicted octanol–water partition coefficient (Wildman–Crippen LogP) is 3.76. The lowest BCUT2D eigenvalue weighted by molar-refractivity contribution is 0.163. The van der Waals surface area contributed by atoms with E-state index in [2.05, 4.69) is 53.5 Å². The van der Waals surface area contributed by atoms with Gasteiger partial charge in [0.2, 0.25) is 11.9 Å². The molecular weight excluding hydrogens is 402 g/mol. The van der Waals surface area contributed by atoms with Gasteiger partial charge >= 0.3 is 0 Å². The molecule has 5 rings (SSSR count). The second kappa shape index (κ2) is 8.24. The highest BCUT2D eigenvalue weighted by Crippen LogP contribution is 2.33. The van der Waals surface area contributed by atoms with Crippen LogP contribution in [-0.4, -0.2) is 51.9 Å². The number of nitrogens with one attached hydrogen (secondary N) is 2. The summed E-state index contributed by atoms with van der Waals surface area (Å²) in [5.41, 5.74) is 3.50. The molecule has 2 aromatic heterocycles. The first-order valence-corrected chi connectivity index (χ1v) is 11.6. The molecule has 0 bridgehead atoms. The van der Waals surface area contributed by atoms with Gasteiger partial charge in [0.25, 0.3) is 0 Å². The fraction of sp³-hybridized carbons (Fsp3) is 0.542. The number of methoxy groups -OCH3 is 1. The molecule has 1 spiro atoms. The maximum atomic E-state index is 5.40. The average Bonchev–Trinajstić information content (AvgIpc) is 3.23. The molecule has 0 unspecified atom stereocenters. The van der Waals surface area contributed by atoms with Crippen LogP contribution in [0.1, 0.15) is 63.1 Å². The normalized spacial score (nSPS) is 18.7.